The zero-order valence-electron chi connectivity index (χ0n) is 14.8. The van der Waals surface area contributed by atoms with E-state index in [4.69, 9.17) is 5.73 Å². The van der Waals surface area contributed by atoms with Crippen molar-refractivity contribution in [2.75, 3.05) is 19.6 Å². The number of nitrogens with two attached hydrogens (primary N) is 1. The summed E-state index contributed by atoms with van der Waals surface area (Å²) in [5.41, 5.74) is 6.84. The number of nitrogens with zero attached hydrogens (tertiary/aromatic N) is 4. The molecular weight excluding hydrogens is 320 g/mol. The maximum atomic E-state index is 12.5. The molecule has 1 fully saturated rings. The van der Waals surface area contributed by atoms with Crippen LogP contribution in [0.25, 0.3) is 0 Å². The van der Waals surface area contributed by atoms with E-state index in [2.05, 4.69) is 15.4 Å². The molecule has 2 unspecified atom stereocenters. The highest BCUT2D eigenvalue weighted by atomic mass is 16.2. The minimum absolute atomic E-state index is 0.132. The Morgan fingerprint density at radius 1 is 1.24 bits per heavy atom. The number of piperazine rings is 1. The van der Waals surface area contributed by atoms with Crippen molar-refractivity contribution in [2.24, 2.45) is 16.8 Å². The molecule has 3 amide bonds. The third kappa shape index (κ3) is 3.57. The number of hydrogen-bond donors (Lipinski definition) is 2. The van der Waals surface area contributed by atoms with E-state index in [0.717, 1.165) is 5.56 Å². The molecular formula is C17H24N6O2. The van der Waals surface area contributed by atoms with Gasteiger partial charge in [0.1, 0.15) is 5.92 Å². The van der Waals surface area contributed by atoms with Gasteiger partial charge >= 0.3 is 6.03 Å². The van der Waals surface area contributed by atoms with Gasteiger partial charge < -0.3 is 16.0 Å². The van der Waals surface area contributed by atoms with E-state index in [-0.39, 0.29) is 17.6 Å². The van der Waals surface area contributed by atoms with Crippen LogP contribution < -0.4 is 11.1 Å². The van der Waals surface area contributed by atoms with Gasteiger partial charge in [-0.05, 0) is 32.9 Å². The molecule has 0 aromatic carbocycles. The Labute approximate surface area is 147 Å². The summed E-state index contributed by atoms with van der Waals surface area (Å²) in [6.07, 6.45) is 3.33. The van der Waals surface area contributed by atoms with E-state index >= 15 is 0 Å². The van der Waals surface area contributed by atoms with Crippen LogP contribution in [0.3, 0.4) is 0 Å². The molecule has 8 nitrogen and oxygen atoms in total. The second-order valence-electron chi connectivity index (χ2n) is 7.46. The van der Waals surface area contributed by atoms with Crippen molar-refractivity contribution < 1.29 is 9.59 Å². The summed E-state index contributed by atoms with van der Waals surface area (Å²) in [4.78, 5) is 30.3. The highest BCUT2D eigenvalue weighted by molar-refractivity contribution is 6.14. The van der Waals surface area contributed by atoms with Gasteiger partial charge in [0.15, 0.2) is 0 Å². The van der Waals surface area contributed by atoms with Crippen molar-refractivity contribution in [1.82, 2.24) is 20.2 Å². The first-order valence-corrected chi connectivity index (χ1v) is 8.38. The van der Waals surface area contributed by atoms with Gasteiger partial charge in [-0.25, -0.2) is 4.79 Å². The summed E-state index contributed by atoms with van der Waals surface area (Å²) in [6.45, 7) is 7.35. The summed E-state index contributed by atoms with van der Waals surface area (Å²) in [7, 11) is 0. The highest BCUT2D eigenvalue weighted by Gasteiger charge is 2.45. The summed E-state index contributed by atoms with van der Waals surface area (Å²) in [5, 5.41) is 9.46. The molecule has 2 aliphatic rings. The number of hydrazone groups is 1. The fraction of sp³-hybridized carbons (Fsp3) is 0.529. The lowest BCUT2D eigenvalue weighted by atomic mass is 9.90. The molecule has 0 spiro atoms. The molecule has 134 valence electrons. The SMILES string of the molecule is CC(C)(C)NC(=O)N1CCN2N=C(c3ccncc3)C(C(N)=O)C2C1. The predicted molar refractivity (Wildman–Crippen MR) is 93.8 cm³/mol. The van der Waals surface area contributed by atoms with Gasteiger partial charge in [-0.15, -0.1) is 0 Å². The predicted octanol–water partition coefficient (Wildman–Crippen LogP) is 0.395. The van der Waals surface area contributed by atoms with E-state index < -0.39 is 11.8 Å². The number of fused-ring (bicyclic) bond motifs is 1. The van der Waals surface area contributed by atoms with Crippen LogP contribution in [-0.2, 0) is 4.79 Å². The zero-order chi connectivity index (χ0) is 18.2. The largest absolute Gasteiger partial charge is 0.369 e. The first-order chi connectivity index (χ1) is 11.8. The smallest absolute Gasteiger partial charge is 0.317 e. The molecule has 0 bridgehead atoms. The van der Waals surface area contributed by atoms with Crippen molar-refractivity contribution in [3.63, 3.8) is 0 Å². The highest BCUT2D eigenvalue weighted by Crippen LogP contribution is 2.29. The van der Waals surface area contributed by atoms with Crippen molar-refractivity contribution in [2.45, 2.75) is 32.4 Å². The lowest BCUT2D eigenvalue weighted by Crippen LogP contribution is -2.59. The van der Waals surface area contributed by atoms with Crippen LogP contribution >= 0.6 is 0 Å². The number of primary amides is 1. The number of pyridine rings is 1. The fourth-order valence-corrected chi connectivity index (χ4v) is 3.25. The summed E-state index contributed by atoms with van der Waals surface area (Å²) >= 11 is 0. The Kier molecular flexibility index (Phi) is 4.36. The molecule has 3 rings (SSSR count). The Balaban J connectivity index is 1.81. The fourth-order valence-electron chi connectivity index (χ4n) is 3.25. The Bertz CT molecular complexity index is 697. The molecule has 3 heterocycles. The molecule has 1 saturated heterocycles. The van der Waals surface area contributed by atoms with E-state index in [9.17, 15) is 9.59 Å². The van der Waals surface area contributed by atoms with Crippen LogP contribution in [0.15, 0.2) is 29.6 Å². The summed E-state index contributed by atoms with van der Waals surface area (Å²) in [5.74, 6) is -0.978. The average Bonchev–Trinajstić information content (AvgIpc) is 2.92. The van der Waals surface area contributed by atoms with Crippen LogP contribution in [0, 0.1) is 5.92 Å². The first-order valence-electron chi connectivity index (χ1n) is 8.38. The van der Waals surface area contributed by atoms with Gasteiger partial charge in [0, 0.05) is 36.6 Å². The number of amides is 3. The second kappa shape index (κ2) is 6.34. The van der Waals surface area contributed by atoms with Crippen LogP contribution in [0.5, 0.6) is 0 Å². The normalized spacial score (nSPS) is 23.1. The van der Waals surface area contributed by atoms with Gasteiger partial charge in [0.05, 0.1) is 18.3 Å². The van der Waals surface area contributed by atoms with Crippen molar-refractivity contribution in [3.8, 4) is 0 Å². The van der Waals surface area contributed by atoms with Crippen LogP contribution in [-0.4, -0.2) is 63.8 Å². The maximum absolute atomic E-state index is 12.5. The Morgan fingerprint density at radius 3 is 2.52 bits per heavy atom. The van der Waals surface area contributed by atoms with Gasteiger partial charge in [-0.2, -0.15) is 5.10 Å². The van der Waals surface area contributed by atoms with Crippen LogP contribution in [0.2, 0.25) is 0 Å². The van der Waals surface area contributed by atoms with E-state index in [0.29, 0.717) is 25.3 Å². The summed E-state index contributed by atoms with van der Waals surface area (Å²) < 4.78 is 0. The molecule has 3 N–H and O–H groups in total. The molecule has 1 aromatic rings. The lowest BCUT2D eigenvalue weighted by molar-refractivity contribution is -0.121. The molecule has 0 aliphatic carbocycles. The van der Waals surface area contributed by atoms with Crippen molar-refractivity contribution in [1.29, 1.82) is 0 Å². The number of carbonyl (C=O) groups excluding carboxylic acids is 2. The van der Waals surface area contributed by atoms with E-state index in [1.54, 1.807) is 17.3 Å². The van der Waals surface area contributed by atoms with Gasteiger partial charge in [0.25, 0.3) is 0 Å². The third-order valence-corrected chi connectivity index (χ3v) is 4.36. The maximum Gasteiger partial charge on any atom is 0.317 e. The second-order valence-corrected chi connectivity index (χ2v) is 7.46. The quantitative estimate of drug-likeness (QED) is 0.810. The van der Waals surface area contributed by atoms with Gasteiger partial charge in [-0.3, -0.25) is 14.8 Å². The number of urea groups is 1. The molecule has 2 aliphatic heterocycles. The van der Waals surface area contributed by atoms with Crippen LogP contribution in [0.1, 0.15) is 26.3 Å². The Morgan fingerprint density at radius 2 is 1.92 bits per heavy atom. The molecule has 0 radical (unpaired) electrons. The van der Waals surface area contributed by atoms with E-state index in [1.165, 1.54) is 0 Å². The molecule has 8 heteroatoms. The Hall–Kier alpha value is -2.64. The number of carbonyl (C=O) groups is 2. The van der Waals surface area contributed by atoms with Crippen molar-refractivity contribution in [3.05, 3.63) is 30.1 Å². The van der Waals surface area contributed by atoms with Crippen molar-refractivity contribution >= 4 is 17.6 Å². The van der Waals surface area contributed by atoms with Crippen LogP contribution in [0.4, 0.5) is 4.79 Å². The minimum Gasteiger partial charge on any atom is -0.369 e. The average molecular weight is 344 g/mol. The molecule has 2 atom stereocenters. The molecule has 25 heavy (non-hydrogen) atoms. The molecule has 0 saturated carbocycles. The minimum atomic E-state index is -0.548. The van der Waals surface area contributed by atoms with Gasteiger partial charge in [-0.1, -0.05) is 0 Å². The number of nitrogens with one attached hydrogen (secondary N) is 1. The third-order valence-electron chi connectivity index (χ3n) is 4.36. The standard InChI is InChI=1S/C17H24N6O2/c1-17(2,3)20-16(25)22-8-9-23-12(10-22)13(15(18)24)14(21-23)11-4-6-19-7-5-11/h4-7,12-13H,8-10H2,1-3H3,(H2,18,24)(H,20,25). The number of hydrogen-bond acceptors (Lipinski definition) is 5. The van der Waals surface area contributed by atoms with E-state index in [1.807, 2.05) is 37.9 Å². The summed E-state index contributed by atoms with van der Waals surface area (Å²) in [6, 6.07) is 3.27. The number of aromatic nitrogens is 1. The first kappa shape index (κ1) is 17.2. The topological polar surface area (TPSA) is 104 Å². The zero-order valence-corrected chi connectivity index (χ0v) is 14.8. The lowest BCUT2D eigenvalue weighted by Gasteiger charge is -2.39. The monoisotopic (exact) mass is 344 g/mol. The molecule has 1 aromatic heterocycles. The number of rotatable bonds is 2. The van der Waals surface area contributed by atoms with Gasteiger partial charge in [0.2, 0.25) is 5.91 Å².